The quantitative estimate of drug-likeness (QED) is 0.649. The predicted octanol–water partition coefficient (Wildman–Crippen LogP) is 3.37. The molecule has 3 aliphatic heterocycles. The molecule has 4 aliphatic rings. The first-order chi connectivity index (χ1) is 16.5. The molecule has 4 amide bonds. The van der Waals surface area contributed by atoms with Gasteiger partial charge in [0, 0.05) is 32.0 Å². The Hall–Kier alpha value is -2.48. The minimum atomic E-state index is -1.11. The van der Waals surface area contributed by atoms with Crippen molar-refractivity contribution in [1.29, 1.82) is 0 Å². The SMILES string of the molecule is CC1(C)C(C(=O)N2CCC([C@]3(Cc4ccc(F)cc4)NC(=O)N([C@@H]4CCOC4)C3=O)CC2)C1(C)C. The number of ether oxygens (including phenoxy) is 1. The topological polar surface area (TPSA) is 79.0 Å². The summed E-state index contributed by atoms with van der Waals surface area (Å²) in [6.07, 6.45) is 2.18. The Morgan fingerprint density at radius 1 is 1.06 bits per heavy atom. The Balaban J connectivity index is 1.37. The van der Waals surface area contributed by atoms with Gasteiger partial charge in [-0.3, -0.25) is 14.5 Å². The van der Waals surface area contributed by atoms with E-state index in [4.69, 9.17) is 4.74 Å². The normalized spacial score (nSPS) is 30.6. The summed E-state index contributed by atoms with van der Waals surface area (Å²) >= 11 is 0. The minimum Gasteiger partial charge on any atom is -0.379 e. The van der Waals surface area contributed by atoms with E-state index < -0.39 is 5.54 Å². The molecule has 190 valence electrons. The molecule has 0 spiro atoms. The molecular weight excluding hydrogens is 449 g/mol. The molecule has 3 heterocycles. The molecule has 2 atom stereocenters. The second-order valence-corrected chi connectivity index (χ2v) is 11.9. The van der Waals surface area contributed by atoms with Gasteiger partial charge in [0.1, 0.15) is 11.4 Å². The zero-order chi connectivity index (χ0) is 25.2. The molecule has 1 saturated carbocycles. The number of hydrogen-bond donors (Lipinski definition) is 1. The number of carbonyl (C=O) groups is 3. The number of urea groups is 1. The Morgan fingerprint density at radius 3 is 2.23 bits per heavy atom. The molecule has 1 aromatic rings. The van der Waals surface area contributed by atoms with E-state index in [9.17, 15) is 18.8 Å². The van der Waals surface area contributed by atoms with Crippen LogP contribution in [0.2, 0.25) is 0 Å². The Bertz CT molecular complexity index is 1010. The number of nitrogens with zero attached hydrogens (tertiary/aromatic N) is 2. The number of carbonyl (C=O) groups excluding carboxylic acids is 3. The number of imide groups is 1. The summed E-state index contributed by atoms with van der Waals surface area (Å²) in [6, 6.07) is 5.47. The molecule has 1 N–H and O–H groups in total. The maximum absolute atomic E-state index is 13.9. The van der Waals surface area contributed by atoms with Crippen molar-refractivity contribution in [3.05, 3.63) is 35.6 Å². The summed E-state index contributed by atoms with van der Waals surface area (Å²) < 4.78 is 19.0. The molecule has 1 aromatic carbocycles. The van der Waals surface area contributed by atoms with E-state index in [2.05, 4.69) is 33.0 Å². The van der Waals surface area contributed by atoms with Crippen LogP contribution in [-0.4, -0.2) is 65.5 Å². The average molecular weight is 486 g/mol. The van der Waals surface area contributed by atoms with Crippen LogP contribution in [0.25, 0.3) is 0 Å². The molecule has 0 unspecified atom stereocenters. The maximum atomic E-state index is 13.9. The molecule has 0 aromatic heterocycles. The zero-order valence-electron chi connectivity index (χ0n) is 21.1. The van der Waals surface area contributed by atoms with Gasteiger partial charge in [-0.15, -0.1) is 0 Å². The summed E-state index contributed by atoms with van der Waals surface area (Å²) in [4.78, 5) is 43.6. The molecule has 0 bridgehead atoms. The van der Waals surface area contributed by atoms with Gasteiger partial charge < -0.3 is 15.0 Å². The molecule has 5 rings (SSSR count). The van der Waals surface area contributed by atoms with E-state index in [1.54, 1.807) is 12.1 Å². The van der Waals surface area contributed by atoms with Gasteiger partial charge in [-0.05, 0) is 53.7 Å². The Kier molecular flexibility index (Phi) is 5.74. The molecule has 4 fully saturated rings. The van der Waals surface area contributed by atoms with Crippen LogP contribution in [0.1, 0.15) is 52.5 Å². The van der Waals surface area contributed by atoms with E-state index >= 15 is 0 Å². The van der Waals surface area contributed by atoms with Gasteiger partial charge in [0.15, 0.2) is 0 Å². The Morgan fingerprint density at radius 2 is 1.69 bits per heavy atom. The first kappa shape index (κ1) is 24.2. The third-order valence-electron chi connectivity index (χ3n) is 9.59. The summed E-state index contributed by atoms with van der Waals surface area (Å²) in [5, 5.41) is 3.07. The lowest BCUT2D eigenvalue weighted by Crippen LogP contribution is -2.58. The van der Waals surface area contributed by atoms with Crippen molar-refractivity contribution >= 4 is 17.8 Å². The van der Waals surface area contributed by atoms with Crippen molar-refractivity contribution in [3.8, 4) is 0 Å². The van der Waals surface area contributed by atoms with Gasteiger partial charge in [-0.1, -0.05) is 39.8 Å². The lowest BCUT2D eigenvalue weighted by atomic mass is 9.73. The first-order valence-electron chi connectivity index (χ1n) is 12.8. The number of rotatable bonds is 5. The fourth-order valence-corrected chi connectivity index (χ4v) is 6.72. The standard InChI is InChI=1S/C27H36FN3O4/c1-25(2)21(26(25,3)4)22(32)30-12-9-18(10-13-30)27(15-17-5-7-19(28)8-6-17)23(33)31(24(34)29-27)20-11-14-35-16-20/h5-8,18,20-21H,9-16H2,1-4H3,(H,29,34)/t20-,27+/m1/s1. The fraction of sp³-hybridized carbons (Fsp3) is 0.667. The van der Waals surface area contributed by atoms with Crippen LogP contribution in [0.15, 0.2) is 24.3 Å². The summed E-state index contributed by atoms with van der Waals surface area (Å²) in [5.74, 6) is -0.493. The molecule has 1 aliphatic carbocycles. The Labute approximate surface area is 206 Å². The molecule has 3 saturated heterocycles. The van der Waals surface area contributed by atoms with Crippen LogP contribution in [0.5, 0.6) is 0 Å². The minimum absolute atomic E-state index is 0.00500. The van der Waals surface area contributed by atoms with Crippen molar-refractivity contribution < 1.29 is 23.5 Å². The molecule has 7 nitrogen and oxygen atoms in total. The van der Waals surface area contributed by atoms with Gasteiger partial charge >= 0.3 is 6.03 Å². The lowest BCUT2D eigenvalue weighted by Gasteiger charge is -2.41. The highest BCUT2D eigenvalue weighted by molar-refractivity contribution is 6.07. The fourth-order valence-electron chi connectivity index (χ4n) is 6.72. The van der Waals surface area contributed by atoms with Crippen molar-refractivity contribution in [2.24, 2.45) is 22.7 Å². The van der Waals surface area contributed by atoms with E-state index in [0.29, 0.717) is 52.0 Å². The van der Waals surface area contributed by atoms with Crippen LogP contribution in [0, 0.1) is 28.5 Å². The summed E-state index contributed by atoms with van der Waals surface area (Å²) in [6.45, 7) is 10.6. The number of amides is 4. The first-order valence-corrected chi connectivity index (χ1v) is 12.8. The second kappa shape index (κ2) is 8.29. The van der Waals surface area contributed by atoms with Gasteiger partial charge in [-0.2, -0.15) is 0 Å². The molecule has 8 heteroatoms. The van der Waals surface area contributed by atoms with Crippen molar-refractivity contribution in [3.63, 3.8) is 0 Å². The van der Waals surface area contributed by atoms with E-state index in [1.165, 1.54) is 17.0 Å². The zero-order valence-corrected chi connectivity index (χ0v) is 21.1. The van der Waals surface area contributed by atoms with Crippen molar-refractivity contribution in [2.75, 3.05) is 26.3 Å². The number of halogens is 1. The number of benzene rings is 1. The monoisotopic (exact) mass is 485 g/mol. The van der Waals surface area contributed by atoms with E-state index in [-0.39, 0.29) is 52.4 Å². The number of likely N-dealkylation sites (tertiary alicyclic amines) is 1. The smallest absolute Gasteiger partial charge is 0.325 e. The van der Waals surface area contributed by atoms with Gasteiger partial charge in [0.05, 0.1) is 12.6 Å². The van der Waals surface area contributed by atoms with Crippen molar-refractivity contribution in [2.45, 2.75) is 65.0 Å². The molecular formula is C27H36FN3O4. The van der Waals surface area contributed by atoms with Gasteiger partial charge in [0.25, 0.3) is 5.91 Å². The summed E-state index contributed by atoms with van der Waals surface area (Å²) in [7, 11) is 0. The summed E-state index contributed by atoms with van der Waals surface area (Å²) in [5.41, 5.74) is -0.358. The van der Waals surface area contributed by atoms with Crippen LogP contribution < -0.4 is 5.32 Å². The van der Waals surface area contributed by atoms with Crippen LogP contribution in [0.4, 0.5) is 9.18 Å². The molecule has 35 heavy (non-hydrogen) atoms. The second-order valence-electron chi connectivity index (χ2n) is 11.9. The number of nitrogens with one attached hydrogen (secondary N) is 1. The van der Waals surface area contributed by atoms with Gasteiger partial charge in [0.2, 0.25) is 5.91 Å². The largest absolute Gasteiger partial charge is 0.379 e. The van der Waals surface area contributed by atoms with Gasteiger partial charge in [-0.25, -0.2) is 9.18 Å². The lowest BCUT2D eigenvalue weighted by molar-refractivity contribution is -0.138. The highest BCUT2D eigenvalue weighted by atomic mass is 19.1. The maximum Gasteiger partial charge on any atom is 0.325 e. The average Bonchev–Trinajstić information content (AvgIpc) is 3.22. The van der Waals surface area contributed by atoms with Crippen LogP contribution >= 0.6 is 0 Å². The molecule has 0 radical (unpaired) electrons. The number of piperidine rings is 1. The predicted molar refractivity (Wildman–Crippen MR) is 128 cm³/mol. The van der Waals surface area contributed by atoms with Crippen molar-refractivity contribution in [1.82, 2.24) is 15.1 Å². The van der Waals surface area contributed by atoms with E-state index in [1.807, 2.05) is 4.90 Å². The highest BCUT2D eigenvalue weighted by Crippen LogP contribution is 2.68. The third-order valence-corrected chi connectivity index (χ3v) is 9.59. The van der Waals surface area contributed by atoms with E-state index in [0.717, 1.165) is 5.56 Å². The third kappa shape index (κ3) is 3.76. The number of hydrogen-bond acceptors (Lipinski definition) is 4. The van der Waals surface area contributed by atoms with Crippen LogP contribution in [0.3, 0.4) is 0 Å². The highest BCUT2D eigenvalue weighted by Gasteiger charge is 2.69. The van der Waals surface area contributed by atoms with Crippen LogP contribution in [-0.2, 0) is 20.7 Å².